The molecular formula is C21H33IN4O3. The Bertz CT molecular complexity index is 690. The fourth-order valence-electron chi connectivity index (χ4n) is 4.47. The van der Waals surface area contributed by atoms with Crippen LogP contribution in [0.5, 0.6) is 5.75 Å². The highest BCUT2D eigenvalue weighted by molar-refractivity contribution is 14.0. The molecule has 0 saturated heterocycles. The van der Waals surface area contributed by atoms with Crippen molar-refractivity contribution in [3.63, 3.8) is 0 Å². The number of phenols is 1. The maximum absolute atomic E-state index is 12.2. The van der Waals surface area contributed by atoms with Crippen molar-refractivity contribution in [1.29, 1.82) is 0 Å². The molecule has 0 heterocycles. The van der Waals surface area contributed by atoms with Gasteiger partial charge in [0.2, 0.25) is 5.91 Å². The number of hydrogen-bond acceptors (Lipinski definition) is 4. The van der Waals surface area contributed by atoms with E-state index in [9.17, 15) is 9.90 Å². The number of phenolic OH excluding ortho intramolecular Hbond substituents is 1. The highest BCUT2D eigenvalue weighted by Crippen LogP contribution is 2.54. The Kier molecular flexibility index (Phi) is 9.01. The summed E-state index contributed by atoms with van der Waals surface area (Å²) in [5.74, 6) is 0.648. The van der Waals surface area contributed by atoms with E-state index >= 15 is 0 Å². The molecule has 2 fully saturated rings. The lowest BCUT2D eigenvalue weighted by molar-refractivity contribution is -0.125. The first-order valence-electron chi connectivity index (χ1n) is 10.3. The highest BCUT2D eigenvalue weighted by Gasteiger charge is 2.56. The van der Waals surface area contributed by atoms with Gasteiger partial charge in [0, 0.05) is 30.3 Å². The molecule has 2 saturated carbocycles. The third-order valence-electron chi connectivity index (χ3n) is 5.87. The fourth-order valence-corrected chi connectivity index (χ4v) is 4.47. The summed E-state index contributed by atoms with van der Waals surface area (Å²) in [5.41, 5.74) is 0.847. The summed E-state index contributed by atoms with van der Waals surface area (Å²) >= 11 is 0. The Morgan fingerprint density at radius 3 is 2.55 bits per heavy atom. The second-order valence-corrected chi connectivity index (χ2v) is 7.61. The number of carbonyl (C=O) groups excluding carboxylic acids is 1. The average Bonchev–Trinajstić information content (AvgIpc) is 3.20. The molecule has 162 valence electrons. The van der Waals surface area contributed by atoms with E-state index in [1.807, 2.05) is 6.92 Å². The molecule has 7 nitrogen and oxygen atoms in total. The van der Waals surface area contributed by atoms with Crippen molar-refractivity contribution in [3.8, 4) is 5.75 Å². The number of rotatable bonds is 7. The van der Waals surface area contributed by atoms with Crippen molar-refractivity contribution in [3.05, 3.63) is 24.3 Å². The van der Waals surface area contributed by atoms with Gasteiger partial charge in [-0.3, -0.25) is 4.79 Å². The Labute approximate surface area is 190 Å². The summed E-state index contributed by atoms with van der Waals surface area (Å²) in [6.45, 7) is 5.60. The highest BCUT2D eigenvalue weighted by atomic mass is 127. The van der Waals surface area contributed by atoms with Gasteiger partial charge in [-0.1, -0.05) is 12.8 Å². The van der Waals surface area contributed by atoms with Gasteiger partial charge in [-0.05, 0) is 57.4 Å². The number of ether oxygens (including phenoxy) is 1. The van der Waals surface area contributed by atoms with E-state index in [1.54, 1.807) is 12.1 Å². The van der Waals surface area contributed by atoms with E-state index in [0.717, 1.165) is 19.6 Å². The molecule has 1 aromatic carbocycles. The lowest BCUT2D eigenvalue weighted by Gasteiger charge is -2.54. The normalized spacial score (nSPS) is 22.5. The van der Waals surface area contributed by atoms with Crippen LogP contribution in [0.25, 0.3) is 0 Å². The number of aromatic hydroxyl groups is 1. The van der Waals surface area contributed by atoms with Gasteiger partial charge in [0.25, 0.3) is 0 Å². The molecule has 29 heavy (non-hydrogen) atoms. The minimum absolute atomic E-state index is 0. The number of anilines is 1. The number of guanidine groups is 1. The quantitative estimate of drug-likeness (QED) is 0.193. The SMILES string of the molecule is CCNC(=NCC(=O)Nc1ccc(O)cc1)NC1CC(OCC)C12CCCC2.I. The number of halogens is 1. The lowest BCUT2D eigenvalue weighted by Crippen LogP contribution is -2.65. The summed E-state index contributed by atoms with van der Waals surface area (Å²) in [4.78, 5) is 16.7. The molecule has 0 aromatic heterocycles. The number of benzene rings is 1. The van der Waals surface area contributed by atoms with Crippen LogP contribution in [-0.4, -0.2) is 48.8 Å². The van der Waals surface area contributed by atoms with Crippen LogP contribution in [0.2, 0.25) is 0 Å². The second-order valence-electron chi connectivity index (χ2n) is 7.61. The van der Waals surface area contributed by atoms with Crippen molar-refractivity contribution < 1.29 is 14.6 Å². The van der Waals surface area contributed by atoms with Crippen molar-refractivity contribution >= 4 is 41.5 Å². The number of hydrogen-bond donors (Lipinski definition) is 4. The number of nitrogens with one attached hydrogen (secondary N) is 3. The first-order valence-corrected chi connectivity index (χ1v) is 10.3. The van der Waals surface area contributed by atoms with Gasteiger partial charge in [-0.2, -0.15) is 0 Å². The molecule has 8 heteroatoms. The van der Waals surface area contributed by atoms with Crippen LogP contribution in [-0.2, 0) is 9.53 Å². The van der Waals surface area contributed by atoms with E-state index in [1.165, 1.54) is 37.8 Å². The fraction of sp³-hybridized carbons (Fsp3) is 0.619. The van der Waals surface area contributed by atoms with Crippen molar-refractivity contribution in [2.45, 2.75) is 58.1 Å². The summed E-state index contributed by atoms with van der Waals surface area (Å²) in [6, 6.07) is 6.73. The van der Waals surface area contributed by atoms with Crippen LogP contribution in [0.15, 0.2) is 29.3 Å². The minimum Gasteiger partial charge on any atom is -0.508 e. The van der Waals surface area contributed by atoms with E-state index in [4.69, 9.17) is 4.74 Å². The first kappa shape index (κ1) is 23.7. The van der Waals surface area contributed by atoms with E-state index in [-0.39, 0.29) is 47.6 Å². The Morgan fingerprint density at radius 1 is 1.24 bits per heavy atom. The summed E-state index contributed by atoms with van der Waals surface area (Å²) in [7, 11) is 0. The number of aliphatic imine (C=N–C) groups is 1. The third-order valence-corrected chi connectivity index (χ3v) is 5.87. The lowest BCUT2D eigenvalue weighted by atomic mass is 9.60. The average molecular weight is 516 g/mol. The monoisotopic (exact) mass is 516 g/mol. The predicted octanol–water partition coefficient (Wildman–Crippen LogP) is 3.24. The van der Waals surface area contributed by atoms with Crippen LogP contribution in [0.4, 0.5) is 5.69 Å². The first-order chi connectivity index (χ1) is 13.6. The predicted molar refractivity (Wildman–Crippen MR) is 126 cm³/mol. The van der Waals surface area contributed by atoms with Crippen LogP contribution in [0, 0.1) is 5.41 Å². The zero-order valence-electron chi connectivity index (χ0n) is 17.2. The van der Waals surface area contributed by atoms with Gasteiger partial charge in [0.1, 0.15) is 12.3 Å². The largest absolute Gasteiger partial charge is 0.508 e. The summed E-state index contributed by atoms with van der Waals surface area (Å²) in [6.07, 6.45) is 6.21. The molecular weight excluding hydrogens is 483 g/mol. The molecule has 1 aromatic rings. The van der Waals surface area contributed by atoms with Gasteiger partial charge in [-0.25, -0.2) is 4.99 Å². The van der Waals surface area contributed by atoms with Crippen molar-refractivity contribution in [2.75, 3.05) is 25.0 Å². The second kappa shape index (κ2) is 11.0. The Hall–Kier alpha value is -1.55. The van der Waals surface area contributed by atoms with Gasteiger partial charge in [0.15, 0.2) is 5.96 Å². The third kappa shape index (κ3) is 5.75. The Balaban J connectivity index is 0.00000300. The topological polar surface area (TPSA) is 95.0 Å². The molecule has 0 bridgehead atoms. The molecule has 4 N–H and O–H groups in total. The zero-order valence-corrected chi connectivity index (χ0v) is 19.6. The number of amides is 1. The molecule has 2 aliphatic carbocycles. The molecule has 2 unspecified atom stereocenters. The van der Waals surface area contributed by atoms with Crippen LogP contribution in [0.1, 0.15) is 46.0 Å². The van der Waals surface area contributed by atoms with Gasteiger partial charge in [0.05, 0.1) is 6.10 Å². The zero-order chi connectivity index (χ0) is 20.0. The maximum Gasteiger partial charge on any atom is 0.246 e. The van der Waals surface area contributed by atoms with Crippen LogP contribution >= 0.6 is 24.0 Å². The summed E-state index contributed by atoms with van der Waals surface area (Å²) < 4.78 is 5.98. The van der Waals surface area contributed by atoms with Crippen LogP contribution in [0.3, 0.4) is 0 Å². The molecule has 1 amide bonds. The van der Waals surface area contributed by atoms with Gasteiger partial charge >= 0.3 is 0 Å². The van der Waals surface area contributed by atoms with Gasteiger partial charge < -0.3 is 25.8 Å². The molecule has 2 aliphatic rings. The molecule has 1 spiro atoms. The summed E-state index contributed by atoms with van der Waals surface area (Å²) in [5, 5.41) is 18.9. The number of nitrogens with zero attached hydrogens (tertiary/aromatic N) is 1. The van der Waals surface area contributed by atoms with E-state index < -0.39 is 0 Å². The minimum atomic E-state index is -0.195. The molecule has 0 aliphatic heterocycles. The number of carbonyl (C=O) groups is 1. The molecule has 3 rings (SSSR count). The maximum atomic E-state index is 12.2. The van der Waals surface area contributed by atoms with Crippen molar-refractivity contribution in [2.24, 2.45) is 10.4 Å². The van der Waals surface area contributed by atoms with Crippen LogP contribution < -0.4 is 16.0 Å². The standard InChI is InChI=1S/C21H32N4O3.HI/c1-3-22-20(23-14-19(27)24-15-7-9-16(26)10-8-15)25-17-13-18(28-4-2)21(17)11-5-6-12-21;/h7-10,17-18,26H,3-6,11-14H2,1-2H3,(H,24,27)(H2,22,23,25);1H. The molecule has 2 atom stereocenters. The van der Waals surface area contributed by atoms with Gasteiger partial charge in [-0.15, -0.1) is 24.0 Å². The van der Waals surface area contributed by atoms with E-state index in [2.05, 4.69) is 27.9 Å². The van der Waals surface area contributed by atoms with E-state index in [0.29, 0.717) is 23.8 Å². The molecule has 0 radical (unpaired) electrons. The smallest absolute Gasteiger partial charge is 0.246 e. The van der Waals surface area contributed by atoms with Crippen molar-refractivity contribution in [1.82, 2.24) is 10.6 Å². The Morgan fingerprint density at radius 2 is 1.93 bits per heavy atom.